The van der Waals surface area contributed by atoms with E-state index in [0.717, 1.165) is 24.8 Å². The lowest BCUT2D eigenvalue weighted by atomic mass is 9.96. The van der Waals surface area contributed by atoms with Crippen LogP contribution in [0.15, 0.2) is 72.9 Å². The molecule has 3 aromatic rings. The largest absolute Gasteiger partial charge is 0.448 e. The number of aromatic nitrogens is 1. The highest BCUT2D eigenvalue weighted by molar-refractivity contribution is 6.29. The molecule has 0 radical (unpaired) electrons. The van der Waals surface area contributed by atoms with Crippen LogP contribution in [-0.4, -0.2) is 34.7 Å². The van der Waals surface area contributed by atoms with Gasteiger partial charge in [0, 0.05) is 18.2 Å². The summed E-state index contributed by atoms with van der Waals surface area (Å²) in [4.78, 5) is 19.3. The van der Waals surface area contributed by atoms with Gasteiger partial charge in [0.2, 0.25) is 0 Å². The van der Waals surface area contributed by atoms with Crippen molar-refractivity contribution < 1.29 is 9.53 Å². The summed E-state index contributed by atoms with van der Waals surface area (Å²) < 4.78 is 5.94. The SMILES string of the molecule is O=C(OCC1c2ccccc2-c2ccccc21)N1C2C=C(c3ccc(Cl)nc3)CC1CC2. The Morgan fingerprint density at radius 3 is 2.38 bits per heavy atom. The van der Waals surface area contributed by atoms with Crippen molar-refractivity contribution >= 4 is 23.3 Å². The van der Waals surface area contributed by atoms with Crippen molar-refractivity contribution in [3.63, 3.8) is 0 Å². The highest BCUT2D eigenvalue weighted by atomic mass is 35.5. The van der Waals surface area contributed by atoms with E-state index in [1.165, 1.54) is 27.8 Å². The third-order valence-electron chi connectivity index (χ3n) is 7.04. The van der Waals surface area contributed by atoms with Gasteiger partial charge < -0.3 is 4.74 Å². The number of benzene rings is 2. The van der Waals surface area contributed by atoms with Crippen molar-refractivity contribution in [3.05, 3.63) is 94.8 Å². The summed E-state index contributed by atoms with van der Waals surface area (Å²) in [6, 6.07) is 20.9. The molecule has 2 unspecified atom stereocenters. The maximum atomic E-state index is 13.2. The Balaban J connectivity index is 1.20. The fourth-order valence-electron chi connectivity index (χ4n) is 5.56. The van der Waals surface area contributed by atoms with Gasteiger partial charge in [-0.25, -0.2) is 9.78 Å². The number of rotatable bonds is 3. The average molecular weight is 443 g/mol. The molecule has 160 valence electrons. The summed E-state index contributed by atoms with van der Waals surface area (Å²) in [5.74, 6) is 0.0834. The third kappa shape index (κ3) is 3.21. The van der Waals surface area contributed by atoms with Crippen molar-refractivity contribution in [2.45, 2.75) is 37.3 Å². The molecule has 1 fully saturated rings. The van der Waals surface area contributed by atoms with Crippen molar-refractivity contribution in [1.82, 2.24) is 9.88 Å². The maximum Gasteiger partial charge on any atom is 0.410 e. The molecule has 6 rings (SSSR count). The number of hydrogen-bond donors (Lipinski definition) is 0. The molecule has 5 heteroatoms. The molecule has 2 aliphatic heterocycles. The van der Waals surface area contributed by atoms with Crippen LogP contribution in [0, 0.1) is 0 Å². The minimum absolute atomic E-state index is 0.0788. The van der Waals surface area contributed by atoms with Crippen LogP contribution in [0.3, 0.4) is 0 Å². The molecule has 32 heavy (non-hydrogen) atoms. The van der Waals surface area contributed by atoms with Crippen LogP contribution in [0.4, 0.5) is 4.79 Å². The molecule has 2 atom stereocenters. The molecule has 1 amide bonds. The summed E-state index contributed by atoms with van der Waals surface area (Å²) in [7, 11) is 0. The van der Waals surface area contributed by atoms with E-state index in [4.69, 9.17) is 16.3 Å². The molecule has 2 aromatic carbocycles. The summed E-state index contributed by atoms with van der Waals surface area (Å²) in [5.41, 5.74) is 7.28. The average Bonchev–Trinajstić information content (AvgIpc) is 3.29. The smallest absolute Gasteiger partial charge is 0.410 e. The fourth-order valence-corrected chi connectivity index (χ4v) is 5.67. The summed E-state index contributed by atoms with van der Waals surface area (Å²) >= 11 is 5.94. The maximum absolute atomic E-state index is 13.2. The van der Waals surface area contributed by atoms with E-state index < -0.39 is 0 Å². The van der Waals surface area contributed by atoms with E-state index in [1.54, 1.807) is 0 Å². The second kappa shape index (κ2) is 7.79. The molecule has 4 nitrogen and oxygen atoms in total. The summed E-state index contributed by atoms with van der Waals surface area (Å²) in [6.45, 7) is 0.362. The number of fused-ring (bicyclic) bond motifs is 5. The number of ether oxygens (including phenoxy) is 1. The fraction of sp³-hybridized carbons (Fsp3) is 0.259. The van der Waals surface area contributed by atoms with Gasteiger partial charge in [0.05, 0.1) is 6.04 Å². The Labute approximate surface area is 192 Å². The first kappa shape index (κ1) is 19.6. The van der Waals surface area contributed by atoms with Gasteiger partial charge >= 0.3 is 6.09 Å². The topological polar surface area (TPSA) is 42.4 Å². The highest BCUT2D eigenvalue weighted by Gasteiger charge is 2.41. The second-order valence-electron chi connectivity index (χ2n) is 8.78. The van der Waals surface area contributed by atoms with E-state index in [9.17, 15) is 4.79 Å². The van der Waals surface area contributed by atoms with Crippen LogP contribution in [0.2, 0.25) is 5.15 Å². The number of hydrogen-bond acceptors (Lipinski definition) is 3. The molecule has 0 N–H and O–H groups in total. The normalized spacial score (nSPS) is 21.2. The lowest BCUT2D eigenvalue weighted by Gasteiger charge is -2.33. The van der Waals surface area contributed by atoms with Gasteiger partial charge in [-0.2, -0.15) is 0 Å². The second-order valence-corrected chi connectivity index (χ2v) is 9.16. The van der Waals surface area contributed by atoms with Crippen LogP contribution in [0.5, 0.6) is 0 Å². The number of carbonyl (C=O) groups is 1. The van der Waals surface area contributed by atoms with Crippen molar-refractivity contribution in [2.24, 2.45) is 0 Å². The Hall–Kier alpha value is -3.11. The Kier molecular flexibility index (Phi) is 4.76. The van der Waals surface area contributed by atoms with E-state index in [-0.39, 0.29) is 24.1 Å². The van der Waals surface area contributed by atoms with E-state index in [2.05, 4.69) is 59.6 Å². The molecule has 0 saturated carbocycles. The van der Waals surface area contributed by atoms with Crippen LogP contribution in [0.25, 0.3) is 16.7 Å². The zero-order valence-corrected chi connectivity index (χ0v) is 18.3. The molecule has 3 aliphatic rings. The number of nitrogens with zero attached hydrogens (tertiary/aromatic N) is 2. The lowest BCUT2D eigenvalue weighted by molar-refractivity contribution is 0.0866. The molecule has 0 spiro atoms. The van der Waals surface area contributed by atoms with Crippen LogP contribution < -0.4 is 0 Å². The highest BCUT2D eigenvalue weighted by Crippen LogP contribution is 2.45. The third-order valence-corrected chi connectivity index (χ3v) is 7.26. The van der Waals surface area contributed by atoms with Crippen molar-refractivity contribution in [2.75, 3.05) is 6.61 Å². The van der Waals surface area contributed by atoms with Gasteiger partial charge in [0.1, 0.15) is 11.8 Å². The monoisotopic (exact) mass is 442 g/mol. The van der Waals surface area contributed by atoms with E-state index in [1.807, 2.05) is 23.2 Å². The lowest BCUT2D eigenvalue weighted by Crippen LogP contribution is -2.43. The summed E-state index contributed by atoms with van der Waals surface area (Å²) in [5, 5.41) is 0.494. The first-order valence-corrected chi connectivity index (χ1v) is 11.5. The van der Waals surface area contributed by atoms with Crippen LogP contribution in [0.1, 0.15) is 41.9 Å². The number of amides is 1. The van der Waals surface area contributed by atoms with Gasteiger partial charge in [-0.1, -0.05) is 72.3 Å². The predicted molar refractivity (Wildman–Crippen MR) is 126 cm³/mol. The number of halogens is 1. The Morgan fingerprint density at radius 2 is 1.72 bits per heavy atom. The Bertz CT molecular complexity index is 1170. The van der Waals surface area contributed by atoms with E-state index in [0.29, 0.717) is 11.8 Å². The molecular weight excluding hydrogens is 420 g/mol. The van der Waals surface area contributed by atoms with Gasteiger partial charge in [-0.15, -0.1) is 0 Å². The van der Waals surface area contributed by atoms with Crippen molar-refractivity contribution in [1.29, 1.82) is 0 Å². The molecule has 1 aliphatic carbocycles. The first-order chi connectivity index (χ1) is 15.7. The van der Waals surface area contributed by atoms with Gasteiger partial charge in [0.15, 0.2) is 0 Å². The van der Waals surface area contributed by atoms with Crippen molar-refractivity contribution in [3.8, 4) is 11.1 Å². The number of pyridine rings is 1. The van der Waals surface area contributed by atoms with Gasteiger partial charge in [0.25, 0.3) is 0 Å². The first-order valence-electron chi connectivity index (χ1n) is 11.1. The minimum Gasteiger partial charge on any atom is -0.448 e. The van der Waals surface area contributed by atoms with Crippen LogP contribution in [-0.2, 0) is 4.74 Å². The van der Waals surface area contributed by atoms with Crippen LogP contribution >= 0.6 is 11.6 Å². The molecule has 1 aromatic heterocycles. The summed E-state index contributed by atoms with van der Waals surface area (Å²) in [6.07, 6.45) is 6.61. The molecular formula is C27H23ClN2O2. The Morgan fingerprint density at radius 1 is 1.00 bits per heavy atom. The van der Waals surface area contributed by atoms with Gasteiger partial charge in [-0.3, -0.25) is 4.90 Å². The zero-order valence-electron chi connectivity index (χ0n) is 17.6. The molecule has 2 bridgehead atoms. The standard InChI is InChI=1S/C27H23ClN2O2/c28-26-12-9-17(15-29-26)18-13-19-10-11-20(14-18)30(19)27(31)32-16-25-23-7-3-1-5-21(23)22-6-2-4-8-24(22)25/h1-9,12-13,15,19-20,25H,10-11,14,16H2. The number of carbonyl (C=O) groups excluding carboxylic acids is 1. The minimum atomic E-state index is -0.205. The predicted octanol–water partition coefficient (Wildman–Crippen LogP) is 6.30. The molecule has 1 saturated heterocycles. The zero-order chi connectivity index (χ0) is 21.7. The molecule has 3 heterocycles. The van der Waals surface area contributed by atoms with E-state index >= 15 is 0 Å². The van der Waals surface area contributed by atoms with Gasteiger partial charge in [-0.05, 0) is 58.7 Å². The quantitative estimate of drug-likeness (QED) is 0.447.